The Hall–Kier alpha value is -1.94. The summed E-state index contributed by atoms with van der Waals surface area (Å²) in [5.74, 6) is -0.670. The van der Waals surface area contributed by atoms with Gasteiger partial charge in [-0.15, -0.1) is 0 Å². The second kappa shape index (κ2) is 60.3. The summed E-state index contributed by atoms with van der Waals surface area (Å²) in [6.07, 6.45) is 44.4. The number of esters is 4. The van der Waals surface area contributed by atoms with Crippen molar-refractivity contribution in [3.63, 3.8) is 0 Å². The minimum absolute atomic E-state index is 0.106. The number of carbonyl (C=O) groups is 4. The van der Waals surface area contributed by atoms with E-state index >= 15 is 0 Å². The molecule has 516 valence electrons. The molecule has 0 bridgehead atoms. The fraction of sp³-hybridized carbons (Fsp3) is 0.941. The van der Waals surface area contributed by atoms with E-state index in [1.807, 2.05) is 0 Å². The van der Waals surface area contributed by atoms with Crippen LogP contribution in [0.4, 0.5) is 0 Å². The molecule has 0 radical (unpaired) electrons. The Morgan fingerprint density at radius 3 is 0.874 bits per heavy atom. The lowest BCUT2D eigenvalue weighted by Gasteiger charge is -2.21. The number of carbonyl (C=O) groups excluding carboxylic acids is 4. The molecule has 0 aliphatic carbocycles. The van der Waals surface area contributed by atoms with Gasteiger partial charge in [-0.1, -0.05) is 292 Å². The number of phosphoric ester groups is 2. The molecular formula is C68H132O17P2. The third-order valence-electron chi connectivity index (χ3n) is 16.1. The van der Waals surface area contributed by atoms with Gasteiger partial charge in [-0.05, 0) is 37.5 Å². The number of ether oxygens (including phenoxy) is 4. The largest absolute Gasteiger partial charge is 0.472 e. The minimum atomic E-state index is -4.95. The quantitative estimate of drug-likeness (QED) is 0.0222. The first-order valence-corrected chi connectivity index (χ1v) is 38.5. The smallest absolute Gasteiger partial charge is 0.462 e. The van der Waals surface area contributed by atoms with E-state index < -0.39 is 97.5 Å². The third kappa shape index (κ3) is 61.3. The molecule has 87 heavy (non-hydrogen) atoms. The van der Waals surface area contributed by atoms with Gasteiger partial charge >= 0.3 is 39.5 Å². The standard InChI is InChI=1S/C68H132O17P2/c1-7-10-12-14-16-18-20-21-22-23-25-27-33-41-47-53-68(73)84-63(56-78-65(70)50-44-38-31-29-28-30-36-42-48-60(4)5)58-82-86(74,75)80-54-62(69)55-81-87(76,77)83-59-64(57-79-66(71)51-45-39-35-34-37-43-49-61(6)9-3)85-67(72)52-46-40-32-26-24-19-17-15-13-11-8-2/h60-64,69H,7-59H2,1-6H3,(H,74,75)(H,76,77)/t61?,62-,63-,64-/m1/s1. The zero-order valence-electron chi connectivity index (χ0n) is 56.3. The van der Waals surface area contributed by atoms with Crippen molar-refractivity contribution in [1.82, 2.24) is 0 Å². The van der Waals surface area contributed by atoms with Crippen molar-refractivity contribution in [3.8, 4) is 0 Å². The Balaban J connectivity index is 5.25. The van der Waals surface area contributed by atoms with Crippen LogP contribution in [0.5, 0.6) is 0 Å². The van der Waals surface area contributed by atoms with Gasteiger partial charge in [-0.3, -0.25) is 37.3 Å². The molecule has 6 atom stereocenters. The van der Waals surface area contributed by atoms with Gasteiger partial charge < -0.3 is 33.8 Å². The van der Waals surface area contributed by atoms with Gasteiger partial charge in [-0.25, -0.2) is 9.13 Å². The van der Waals surface area contributed by atoms with Crippen molar-refractivity contribution in [2.45, 2.75) is 362 Å². The van der Waals surface area contributed by atoms with Crippen LogP contribution >= 0.6 is 15.6 Å². The maximum absolute atomic E-state index is 13.0. The van der Waals surface area contributed by atoms with E-state index in [0.717, 1.165) is 108 Å². The van der Waals surface area contributed by atoms with E-state index in [1.165, 1.54) is 154 Å². The van der Waals surface area contributed by atoms with Crippen LogP contribution in [-0.4, -0.2) is 96.7 Å². The monoisotopic (exact) mass is 1280 g/mol. The first kappa shape index (κ1) is 85.1. The second-order valence-corrected chi connectivity index (χ2v) is 28.2. The van der Waals surface area contributed by atoms with Crippen LogP contribution in [0.2, 0.25) is 0 Å². The fourth-order valence-corrected chi connectivity index (χ4v) is 11.8. The number of aliphatic hydroxyl groups excluding tert-OH is 1. The van der Waals surface area contributed by atoms with Crippen LogP contribution < -0.4 is 0 Å². The molecule has 19 heteroatoms. The molecule has 3 unspecified atom stereocenters. The highest BCUT2D eigenvalue weighted by molar-refractivity contribution is 7.47. The van der Waals surface area contributed by atoms with Gasteiger partial charge in [0, 0.05) is 25.7 Å². The maximum Gasteiger partial charge on any atom is 0.472 e. The van der Waals surface area contributed by atoms with Crippen LogP contribution in [0.25, 0.3) is 0 Å². The number of rotatable bonds is 67. The zero-order valence-corrected chi connectivity index (χ0v) is 58.1. The molecule has 3 N–H and O–H groups in total. The normalized spacial score (nSPS) is 14.5. The van der Waals surface area contributed by atoms with Crippen molar-refractivity contribution in [3.05, 3.63) is 0 Å². The summed E-state index contributed by atoms with van der Waals surface area (Å²) < 4.78 is 68.2. The van der Waals surface area contributed by atoms with Gasteiger partial charge in [0.25, 0.3) is 0 Å². The molecule has 0 rings (SSSR count). The van der Waals surface area contributed by atoms with E-state index in [4.69, 9.17) is 37.0 Å². The number of unbranched alkanes of at least 4 members (excludes halogenated alkanes) is 36. The minimum Gasteiger partial charge on any atom is -0.462 e. The molecule has 0 aromatic rings. The Bertz CT molecular complexity index is 1700. The SMILES string of the molecule is CCCCCCCCCCCCCCCCCC(=O)O[C@H](COC(=O)CCCCCCCCCCC(C)C)COP(=O)(O)OC[C@@H](O)COP(=O)(O)OC[C@@H](COC(=O)CCCCCCCCC(C)CC)OC(=O)CCCCCCCCCCCCC. The van der Waals surface area contributed by atoms with Crippen LogP contribution in [0.1, 0.15) is 343 Å². The molecule has 0 spiro atoms. The lowest BCUT2D eigenvalue weighted by molar-refractivity contribution is -0.161. The Labute approximate surface area is 530 Å². The molecule has 0 aromatic carbocycles. The average Bonchev–Trinajstić information content (AvgIpc) is 3.55. The third-order valence-corrected chi connectivity index (χ3v) is 18.0. The molecule has 17 nitrogen and oxygen atoms in total. The summed E-state index contributed by atoms with van der Waals surface area (Å²) in [5.41, 5.74) is 0. The summed E-state index contributed by atoms with van der Waals surface area (Å²) >= 11 is 0. The highest BCUT2D eigenvalue weighted by atomic mass is 31.2. The molecule has 0 aromatic heterocycles. The molecule has 0 aliphatic heterocycles. The number of aliphatic hydroxyl groups is 1. The number of hydrogen-bond acceptors (Lipinski definition) is 15. The van der Waals surface area contributed by atoms with Crippen LogP contribution in [0, 0.1) is 11.8 Å². The van der Waals surface area contributed by atoms with E-state index in [9.17, 15) is 43.2 Å². The van der Waals surface area contributed by atoms with Crippen molar-refractivity contribution in [2.75, 3.05) is 39.6 Å². The lowest BCUT2D eigenvalue weighted by atomic mass is 10.00. The Morgan fingerprint density at radius 1 is 0.333 bits per heavy atom. The Kier molecular flexibility index (Phi) is 59.0. The first-order valence-electron chi connectivity index (χ1n) is 35.5. The lowest BCUT2D eigenvalue weighted by Crippen LogP contribution is -2.30. The zero-order chi connectivity index (χ0) is 64.3. The van der Waals surface area contributed by atoms with Gasteiger partial charge in [0.1, 0.15) is 19.3 Å². The molecule has 0 heterocycles. The molecular weight excluding hydrogens is 1150 g/mol. The molecule has 0 aliphatic rings. The van der Waals surface area contributed by atoms with E-state index in [2.05, 4.69) is 41.5 Å². The summed E-state index contributed by atoms with van der Waals surface area (Å²) in [6.45, 7) is 9.46. The summed E-state index contributed by atoms with van der Waals surface area (Å²) in [6, 6.07) is 0. The van der Waals surface area contributed by atoms with Crippen molar-refractivity contribution >= 4 is 39.5 Å². The fourth-order valence-electron chi connectivity index (χ4n) is 10.2. The van der Waals surface area contributed by atoms with Crippen LogP contribution in [0.15, 0.2) is 0 Å². The van der Waals surface area contributed by atoms with E-state index in [1.54, 1.807) is 0 Å². The van der Waals surface area contributed by atoms with Crippen LogP contribution in [0.3, 0.4) is 0 Å². The van der Waals surface area contributed by atoms with Crippen molar-refractivity contribution in [2.24, 2.45) is 11.8 Å². The van der Waals surface area contributed by atoms with E-state index in [-0.39, 0.29) is 25.7 Å². The molecule has 0 saturated carbocycles. The van der Waals surface area contributed by atoms with E-state index in [0.29, 0.717) is 25.7 Å². The first-order chi connectivity index (χ1) is 41.9. The average molecular weight is 1280 g/mol. The van der Waals surface area contributed by atoms with Gasteiger partial charge in [-0.2, -0.15) is 0 Å². The van der Waals surface area contributed by atoms with Crippen molar-refractivity contribution in [1.29, 1.82) is 0 Å². The predicted octanol–water partition coefficient (Wildman–Crippen LogP) is 19.2. The second-order valence-electron chi connectivity index (χ2n) is 25.3. The number of hydrogen-bond donors (Lipinski definition) is 3. The highest BCUT2D eigenvalue weighted by Gasteiger charge is 2.30. The van der Waals surface area contributed by atoms with Crippen LogP contribution in [-0.2, 0) is 65.4 Å². The molecule has 0 saturated heterocycles. The highest BCUT2D eigenvalue weighted by Crippen LogP contribution is 2.45. The summed E-state index contributed by atoms with van der Waals surface area (Å²) in [7, 11) is -9.89. The maximum atomic E-state index is 13.0. The van der Waals surface area contributed by atoms with Gasteiger partial charge in [0.05, 0.1) is 26.4 Å². The van der Waals surface area contributed by atoms with Gasteiger partial charge in [0.2, 0.25) is 0 Å². The van der Waals surface area contributed by atoms with Crippen molar-refractivity contribution < 1.29 is 80.2 Å². The molecule has 0 amide bonds. The van der Waals surface area contributed by atoms with Gasteiger partial charge in [0.15, 0.2) is 12.2 Å². The summed E-state index contributed by atoms with van der Waals surface area (Å²) in [4.78, 5) is 72.4. The summed E-state index contributed by atoms with van der Waals surface area (Å²) in [5, 5.41) is 10.6. The number of phosphoric acid groups is 2. The Morgan fingerprint density at radius 2 is 0.586 bits per heavy atom. The molecule has 0 fully saturated rings. The predicted molar refractivity (Wildman–Crippen MR) is 349 cm³/mol. The topological polar surface area (TPSA) is 237 Å².